The van der Waals surface area contributed by atoms with Gasteiger partial charge in [0.25, 0.3) is 5.91 Å². The zero-order chi connectivity index (χ0) is 32.2. The molecule has 0 spiro atoms. The van der Waals surface area contributed by atoms with E-state index in [2.05, 4.69) is 10.6 Å². The molecule has 44 heavy (non-hydrogen) atoms. The van der Waals surface area contributed by atoms with Crippen molar-refractivity contribution in [2.24, 2.45) is 5.92 Å². The van der Waals surface area contributed by atoms with E-state index >= 15 is 0 Å². The van der Waals surface area contributed by atoms with Crippen LogP contribution in [-0.2, 0) is 12.7 Å². The Balaban J connectivity index is 1.60. The first kappa shape index (κ1) is 33.4. The van der Waals surface area contributed by atoms with Gasteiger partial charge in [-0.2, -0.15) is 13.2 Å². The molecule has 3 aromatic carbocycles. The first-order valence-corrected chi connectivity index (χ1v) is 14.6. The molecule has 236 valence electrons. The lowest BCUT2D eigenvalue weighted by Crippen LogP contribution is -2.49. The Morgan fingerprint density at radius 3 is 2.45 bits per heavy atom. The second kappa shape index (κ2) is 14.1. The quantitative estimate of drug-likeness (QED) is 0.243. The van der Waals surface area contributed by atoms with Crippen LogP contribution in [0.2, 0.25) is 10.0 Å². The van der Waals surface area contributed by atoms with Crippen molar-refractivity contribution < 1.29 is 32.6 Å². The molecule has 0 unspecified atom stereocenters. The molecule has 0 saturated carbocycles. The van der Waals surface area contributed by atoms with Crippen molar-refractivity contribution in [1.29, 1.82) is 0 Å². The number of alkyl halides is 3. The number of ether oxygens (including phenoxy) is 1. The van der Waals surface area contributed by atoms with Crippen LogP contribution >= 0.6 is 23.2 Å². The minimum Gasteiger partial charge on any atom is -0.486 e. The third-order valence-electron chi connectivity index (χ3n) is 7.34. The number of aliphatic hydroxyl groups is 1. The molecule has 0 aromatic heterocycles. The minimum absolute atomic E-state index is 0.143. The van der Waals surface area contributed by atoms with Crippen LogP contribution < -0.4 is 15.4 Å². The van der Waals surface area contributed by atoms with E-state index in [1.165, 1.54) is 0 Å². The van der Waals surface area contributed by atoms with E-state index in [0.29, 0.717) is 29.7 Å². The maximum atomic E-state index is 13.7. The second-order valence-corrected chi connectivity index (χ2v) is 11.7. The van der Waals surface area contributed by atoms with Gasteiger partial charge in [0, 0.05) is 31.2 Å². The van der Waals surface area contributed by atoms with Gasteiger partial charge in [-0.3, -0.25) is 9.69 Å². The molecule has 0 radical (unpaired) electrons. The number of aliphatic hydroxyl groups excluding tert-OH is 1. The summed E-state index contributed by atoms with van der Waals surface area (Å²) >= 11 is 12.3. The Kier molecular flexibility index (Phi) is 10.7. The molecule has 0 fully saturated rings. The van der Waals surface area contributed by atoms with Gasteiger partial charge < -0.3 is 25.4 Å². The molecular weight excluding hydrogens is 620 g/mol. The monoisotopic (exact) mass is 652 g/mol. The number of nitrogens with zero attached hydrogens (tertiary/aromatic N) is 2. The number of carbonyl (C=O) groups excluding carboxylic acids is 2. The van der Waals surface area contributed by atoms with Crippen molar-refractivity contribution in [2.75, 3.05) is 37.4 Å². The summed E-state index contributed by atoms with van der Waals surface area (Å²) in [6, 6.07) is 12.9. The SMILES string of the molecule is C[C@@H]1CN([C@@H](C)CO)C(=O)c2cccc(NC(=O)Nc3ccc(C(F)(F)F)cc3)c2O[C@@H]1CN(C)Cc1ccc(Cl)c(Cl)c1. The predicted octanol–water partition coefficient (Wildman–Crippen LogP) is 7.01. The van der Waals surface area contributed by atoms with Gasteiger partial charge in [-0.15, -0.1) is 0 Å². The van der Waals surface area contributed by atoms with Gasteiger partial charge in [0.1, 0.15) is 6.10 Å². The van der Waals surface area contributed by atoms with Gasteiger partial charge in [0.15, 0.2) is 5.75 Å². The Labute approximate surface area is 263 Å². The summed E-state index contributed by atoms with van der Waals surface area (Å²) < 4.78 is 45.3. The first-order chi connectivity index (χ1) is 20.8. The average molecular weight is 654 g/mol. The van der Waals surface area contributed by atoms with Gasteiger partial charge in [-0.1, -0.05) is 42.3 Å². The van der Waals surface area contributed by atoms with Crippen molar-refractivity contribution in [3.05, 3.63) is 87.4 Å². The topological polar surface area (TPSA) is 94.1 Å². The molecule has 3 aromatic rings. The number of hydrogen-bond donors (Lipinski definition) is 3. The molecule has 3 atom stereocenters. The average Bonchev–Trinajstić information content (AvgIpc) is 2.96. The van der Waals surface area contributed by atoms with Crippen LogP contribution in [0.25, 0.3) is 0 Å². The third kappa shape index (κ3) is 8.15. The Morgan fingerprint density at radius 1 is 1.11 bits per heavy atom. The molecule has 0 saturated heterocycles. The number of carbonyl (C=O) groups is 2. The number of nitrogens with one attached hydrogen (secondary N) is 2. The Bertz CT molecular complexity index is 1490. The molecule has 3 N–H and O–H groups in total. The predicted molar refractivity (Wildman–Crippen MR) is 164 cm³/mol. The molecule has 1 aliphatic heterocycles. The molecule has 0 aliphatic carbocycles. The highest BCUT2D eigenvalue weighted by Crippen LogP contribution is 2.35. The van der Waals surface area contributed by atoms with E-state index < -0.39 is 29.9 Å². The molecule has 1 heterocycles. The van der Waals surface area contributed by atoms with E-state index in [-0.39, 0.29) is 41.1 Å². The van der Waals surface area contributed by atoms with Crippen LogP contribution in [0.15, 0.2) is 60.7 Å². The van der Waals surface area contributed by atoms with E-state index in [1.807, 2.05) is 24.9 Å². The Hall–Kier alpha value is -3.51. The zero-order valence-electron chi connectivity index (χ0n) is 24.3. The maximum absolute atomic E-state index is 13.7. The van der Waals surface area contributed by atoms with Gasteiger partial charge >= 0.3 is 12.2 Å². The van der Waals surface area contributed by atoms with E-state index in [4.69, 9.17) is 27.9 Å². The van der Waals surface area contributed by atoms with Crippen LogP contribution in [0.4, 0.5) is 29.3 Å². The normalized spacial score (nSPS) is 17.8. The van der Waals surface area contributed by atoms with Crippen molar-refractivity contribution in [1.82, 2.24) is 9.80 Å². The number of urea groups is 1. The van der Waals surface area contributed by atoms with Crippen LogP contribution in [0.5, 0.6) is 5.75 Å². The number of rotatable bonds is 8. The van der Waals surface area contributed by atoms with Crippen molar-refractivity contribution in [3.63, 3.8) is 0 Å². The fourth-order valence-electron chi connectivity index (χ4n) is 4.91. The summed E-state index contributed by atoms with van der Waals surface area (Å²) in [4.78, 5) is 30.2. The van der Waals surface area contributed by atoms with E-state index in [0.717, 1.165) is 29.8 Å². The molecule has 3 amide bonds. The molecule has 0 bridgehead atoms. The molecule has 4 rings (SSSR count). The molecule has 8 nitrogen and oxygen atoms in total. The number of para-hydroxylation sites is 1. The number of halogens is 5. The number of likely N-dealkylation sites (N-methyl/N-ethyl adjacent to an activating group) is 1. The number of amides is 3. The summed E-state index contributed by atoms with van der Waals surface area (Å²) in [6.45, 7) is 4.73. The lowest BCUT2D eigenvalue weighted by molar-refractivity contribution is -0.137. The number of fused-ring (bicyclic) bond motifs is 1. The van der Waals surface area contributed by atoms with Crippen LogP contribution in [0.1, 0.15) is 35.3 Å². The summed E-state index contributed by atoms with van der Waals surface area (Å²) in [5, 5.41) is 16.0. The smallest absolute Gasteiger partial charge is 0.416 e. The summed E-state index contributed by atoms with van der Waals surface area (Å²) in [6.07, 6.45) is -4.96. The fraction of sp³-hybridized carbons (Fsp3) is 0.355. The van der Waals surface area contributed by atoms with Gasteiger partial charge in [0.05, 0.1) is 39.5 Å². The van der Waals surface area contributed by atoms with Gasteiger partial charge in [-0.05, 0) is 68.1 Å². The molecule has 13 heteroatoms. The lowest BCUT2D eigenvalue weighted by Gasteiger charge is -2.38. The maximum Gasteiger partial charge on any atom is 0.416 e. The summed E-state index contributed by atoms with van der Waals surface area (Å²) in [7, 11) is 1.92. The van der Waals surface area contributed by atoms with E-state index in [1.54, 1.807) is 42.2 Å². The lowest BCUT2D eigenvalue weighted by atomic mass is 9.99. The van der Waals surface area contributed by atoms with Crippen molar-refractivity contribution >= 4 is 46.5 Å². The number of hydrogen-bond acceptors (Lipinski definition) is 5. The highest BCUT2D eigenvalue weighted by atomic mass is 35.5. The standard InChI is InChI=1S/C31H33Cl2F3N4O4/c1-18-14-40(19(2)17-41)29(42)23-5-4-6-26(38-30(43)37-22-10-8-21(9-11-22)31(34,35)36)28(23)44-27(18)16-39(3)15-20-7-12-24(32)25(33)13-20/h4-13,18-19,27,41H,14-17H2,1-3H3,(H2,37,38,43)/t18-,19+,27-/m1/s1. The highest BCUT2D eigenvalue weighted by Gasteiger charge is 2.35. The molecule has 1 aliphatic rings. The third-order valence-corrected chi connectivity index (χ3v) is 8.08. The summed E-state index contributed by atoms with van der Waals surface area (Å²) in [5.41, 5.74) is 0.633. The Morgan fingerprint density at radius 2 is 1.82 bits per heavy atom. The summed E-state index contributed by atoms with van der Waals surface area (Å²) in [5.74, 6) is -0.413. The first-order valence-electron chi connectivity index (χ1n) is 13.9. The number of benzene rings is 3. The highest BCUT2D eigenvalue weighted by molar-refractivity contribution is 6.42. The van der Waals surface area contributed by atoms with Crippen LogP contribution in [-0.4, -0.2) is 65.7 Å². The second-order valence-electron chi connectivity index (χ2n) is 10.9. The van der Waals surface area contributed by atoms with Crippen molar-refractivity contribution in [2.45, 2.75) is 38.7 Å². The molecular formula is C31H33Cl2F3N4O4. The van der Waals surface area contributed by atoms with Crippen LogP contribution in [0, 0.1) is 5.92 Å². The van der Waals surface area contributed by atoms with Gasteiger partial charge in [0.2, 0.25) is 0 Å². The fourth-order valence-corrected chi connectivity index (χ4v) is 5.23. The van der Waals surface area contributed by atoms with Crippen LogP contribution in [0.3, 0.4) is 0 Å². The largest absolute Gasteiger partial charge is 0.486 e. The van der Waals surface area contributed by atoms with E-state index in [9.17, 15) is 27.9 Å². The minimum atomic E-state index is -4.50. The number of anilines is 2. The van der Waals surface area contributed by atoms with Crippen molar-refractivity contribution in [3.8, 4) is 5.75 Å². The zero-order valence-corrected chi connectivity index (χ0v) is 25.8. The van der Waals surface area contributed by atoms with Gasteiger partial charge in [-0.25, -0.2) is 4.79 Å².